The van der Waals surface area contributed by atoms with Gasteiger partial charge in [-0.2, -0.15) is 4.98 Å². The lowest BCUT2D eigenvalue weighted by molar-refractivity contribution is -0.128. The van der Waals surface area contributed by atoms with Crippen LogP contribution in [0.3, 0.4) is 0 Å². The van der Waals surface area contributed by atoms with E-state index < -0.39 is 5.82 Å². The minimum absolute atomic E-state index is 0.0224. The van der Waals surface area contributed by atoms with Crippen LogP contribution in [-0.2, 0) is 4.79 Å². The smallest absolute Gasteiger partial charge is 0.349 e. The molecule has 1 aliphatic carbocycles. The van der Waals surface area contributed by atoms with Gasteiger partial charge in [-0.3, -0.25) is 9.36 Å². The molecule has 2 unspecified atom stereocenters. The van der Waals surface area contributed by atoms with Gasteiger partial charge >= 0.3 is 5.69 Å². The van der Waals surface area contributed by atoms with Crippen molar-refractivity contribution in [3.05, 3.63) is 64.3 Å². The molecule has 2 fully saturated rings. The number of hydrogen-bond donors (Lipinski definition) is 0. The number of carbonyl (C=O) groups is 1. The fraction of sp³-hybridized carbons (Fsp3) is 0.429. The number of aromatic nitrogens is 3. The number of carbonyl (C=O) groups excluding carboxylic acids is 1. The number of pyridine rings is 1. The molecule has 9 heteroatoms. The van der Waals surface area contributed by atoms with Gasteiger partial charge in [0.1, 0.15) is 17.3 Å². The first-order valence-corrected chi connectivity index (χ1v) is 13.2. The molecule has 0 bridgehead atoms. The second-order valence-electron chi connectivity index (χ2n) is 10.1. The minimum atomic E-state index is -0.428. The van der Waals surface area contributed by atoms with Gasteiger partial charge in [-0.15, -0.1) is 0 Å². The number of anilines is 1. The molecule has 194 valence electrons. The zero-order valence-electron chi connectivity index (χ0n) is 21.2. The van der Waals surface area contributed by atoms with E-state index in [4.69, 9.17) is 16.6 Å². The standard InChI is InChI=1S/C28H31ClFN5O2/c1-4-24(36)33-15-18(3)34(16-17(33)2)26-21-14-22(29)25(20-12-8-9-13-23(20)30)31-27(21)35(28(37)32-26)19-10-6-5-7-11-19/h4,8-9,12-14,17-19H,1,5-7,10-11,15-16H2,2-3H3. The van der Waals surface area contributed by atoms with Gasteiger partial charge in [0.15, 0.2) is 0 Å². The van der Waals surface area contributed by atoms with Crippen molar-refractivity contribution in [2.45, 2.75) is 64.1 Å². The van der Waals surface area contributed by atoms with Crippen molar-refractivity contribution in [1.29, 1.82) is 0 Å². The molecule has 1 amide bonds. The zero-order valence-corrected chi connectivity index (χ0v) is 21.9. The molecular weight excluding hydrogens is 493 g/mol. The first-order chi connectivity index (χ1) is 17.8. The van der Waals surface area contributed by atoms with Crippen LogP contribution in [0, 0.1) is 5.82 Å². The summed E-state index contributed by atoms with van der Waals surface area (Å²) in [6, 6.07) is 7.88. The Kier molecular flexibility index (Phi) is 7.03. The third kappa shape index (κ3) is 4.63. The summed E-state index contributed by atoms with van der Waals surface area (Å²) in [5, 5.41) is 0.938. The second-order valence-corrected chi connectivity index (χ2v) is 10.5. The summed E-state index contributed by atoms with van der Waals surface area (Å²) in [6.07, 6.45) is 6.25. The highest BCUT2D eigenvalue weighted by Gasteiger charge is 2.34. The predicted octanol–water partition coefficient (Wildman–Crippen LogP) is 5.37. The minimum Gasteiger partial charge on any atom is -0.349 e. The van der Waals surface area contributed by atoms with E-state index in [-0.39, 0.29) is 40.3 Å². The summed E-state index contributed by atoms with van der Waals surface area (Å²) in [6.45, 7) is 8.54. The van der Waals surface area contributed by atoms with Gasteiger partial charge in [0.2, 0.25) is 5.91 Å². The highest BCUT2D eigenvalue weighted by molar-refractivity contribution is 6.33. The van der Waals surface area contributed by atoms with Crippen LogP contribution in [0.15, 0.2) is 47.8 Å². The average Bonchev–Trinajstić information content (AvgIpc) is 2.90. The average molecular weight is 524 g/mol. The Morgan fingerprint density at radius 3 is 2.54 bits per heavy atom. The van der Waals surface area contributed by atoms with E-state index >= 15 is 0 Å². The molecule has 7 nitrogen and oxygen atoms in total. The number of benzene rings is 1. The van der Waals surface area contributed by atoms with E-state index in [0.29, 0.717) is 35.6 Å². The summed E-state index contributed by atoms with van der Waals surface area (Å²) in [5.74, 6) is -0.0575. The van der Waals surface area contributed by atoms with E-state index in [2.05, 4.69) is 11.6 Å². The largest absolute Gasteiger partial charge is 0.351 e. The van der Waals surface area contributed by atoms with Crippen molar-refractivity contribution in [3.8, 4) is 11.3 Å². The van der Waals surface area contributed by atoms with Gasteiger partial charge in [-0.25, -0.2) is 14.2 Å². The summed E-state index contributed by atoms with van der Waals surface area (Å²) >= 11 is 6.72. The van der Waals surface area contributed by atoms with Crippen LogP contribution < -0.4 is 10.6 Å². The molecule has 2 atom stereocenters. The van der Waals surface area contributed by atoms with Crippen molar-refractivity contribution in [1.82, 2.24) is 19.4 Å². The number of amides is 1. The quantitative estimate of drug-likeness (QED) is 0.430. The van der Waals surface area contributed by atoms with Crippen molar-refractivity contribution < 1.29 is 9.18 Å². The summed E-state index contributed by atoms with van der Waals surface area (Å²) in [7, 11) is 0. The molecule has 1 saturated heterocycles. The number of rotatable bonds is 4. The molecule has 3 heterocycles. The number of fused-ring (bicyclic) bond motifs is 1. The van der Waals surface area contributed by atoms with Crippen molar-refractivity contribution in [2.75, 3.05) is 18.0 Å². The molecule has 1 aromatic carbocycles. The fourth-order valence-electron chi connectivity index (χ4n) is 5.70. The van der Waals surface area contributed by atoms with Crippen molar-refractivity contribution >= 4 is 34.4 Å². The third-order valence-corrected chi connectivity index (χ3v) is 7.91. The number of piperazine rings is 1. The van der Waals surface area contributed by atoms with Crippen LogP contribution >= 0.6 is 11.6 Å². The lowest BCUT2D eigenvalue weighted by Crippen LogP contribution is -2.58. The van der Waals surface area contributed by atoms with Crippen LogP contribution in [0.4, 0.5) is 10.2 Å². The molecule has 1 aliphatic heterocycles. The second kappa shape index (κ2) is 10.2. The Bertz CT molecular complexity index is 1420. The maximum atomic E-state index is 14.8. The monoisotopic (exact) mass is 523 g/mol. The van der Waals surface area contributed by atoms with Crippen LogP contribution in [0.25, 0.3) is 22.3 Å². The Balaban J connectivity index is 1.70. The lowest BCUT2D eigenvalue weighted by atomic mass is 9.95. The van der Waals surface area contributed by atoms with Crippen LogP contribution in [0.1, 0.15) is 52.0 Å². The van der Waals surface area contributed by atoms with Crippen molar-refractivity contribution in [3.63, 3.8) is 0 Å². The molecule has 2 aromatic heterocycles. The van der Waals surface area contributed by atoms with Gasteiger partial charge in [-0.1, -0.05) is 49.6 Å². The molecule has 3 aromatic rings. The van der Waals surface area contributed by atoms with Gasteiger partial charge in [0, 0.05) is 36.8 Å². The Labute approximate surface area is 220 Å². The number of nitrogens with zero attached hydrogens (tertiary/aromatic N) is 5. The maximum absolute atomic E-state index is 14.8. The van der Waals surface area contributed by atoms with Gasteiger partial charge < -0.3 is 9.80 Å². The van der Waals surface area contributed by atoms with E-state index in [1.807, 2.05) is 18.7 Å². The number of halogens is 2. The summed E-state index contributed by atoms with van der Waals surface area (Å²) in [4.78, 5) is 39.2. The topological polar surface area (TPSA) is 71.3 Å². The first-order valence-electron chi connectivity index (χ1n) is 12.9. The van der Waals surface area contributed by atoms with Crippen LogP contribution in [-0.4, -0.2) is 50.5 Å². The molecule has 0 N–H and O–H groups in total. The van der Waals surface area contributed by atoms with E-state index in [0.717, 1.165) is 32.1 Å². The predicted molar refractivity (Wildman–Crippen MR) is 145 cm³/mol. The Hall–Kier alpha value is -3.26. The number of hydrogen-bond acceptors (Lipinski definition) is 5. The van der Waals surface area contributed by atoms with Crippen LogP contribution in [0.2, 0.25) is 5.02 Å². The van der Waals surface area contributed by atoms with Gasteiger partial charge in [0.25, 0.3) is 0 Å². The summed E-state index contributed by atoms with van der Waals surface area (Å²) < 4.78 is 16.4. The van der Waals surface area contributed by atoms with Crippen LogP contribution in [0.5, 0.6) is 0 Å². The zero-order chi connectivity index (χ0) is 26.3. The normalized spacial score (nSPS) is 20.9. The van der Waals surface area contributed by atoms with Gasteiger partial charge in [0.05, 0.1) is 16.1 Å². The fourth-order valence-corrected chi connectivity index (χ4v) is 5.95. The molecule has 2 aliphatic rings. The van der Waals surface area contributed by atoms with E-state index in [1.54, 1.807) is 33.7 Å². The Morgan fingerprint density at radius 1 is 1.11 bits per heavy atom. The molecule has 1 saturated carbocycles. The van der Waals surface area contributed by atoms with Gasteiger partial charge in [-0.05, 0) is 51.0 Å². The first kappa shape index (κ1) is 25.4. The SMILES string of the molecule is C=CC(=O)N1CC(C)N(c2nc(=O)n(C3CCCCC3)c3nc(-c4ccccc4F)c(Cl)cc23)CC1C. The molecular formula is C28H31ClFN5O2. The summed E-state index contributed by atoms with van der Waals surface area (Å²) in [5.41, 5.74) is 0.687. The highest BCUT2D eigenvalue weighted by atomic mass is 35.5. The third-order valence-electron chi connectivity index (χ3n) is 7.62. The Morgan fingerprint density at radius 2 is 1.84 bits per heavy atom. The molecule has 37 heavy (non-hydrogen) atoms. The molecule has 0 radical (unpaired) electrons. The lowest BCUT2D eigenvalue weighted by Gasteiger charge is -2.44. The maximum Gasteiger partial charge on any atom is 0.351 e. The van der Waals surface area contributed by atoms with E-state index in [1.165, 1.54) is 12.1 Å². The highest BCUT2D eigenvalue weighted by Crippen LogP contribution is 2.37. The van der Waals surface area contributed by atoms with E-state index in [9.17, 15) is 14.0 Å². The molecule has 0 spiro atoms. The van der Waals surface area contributed by atoms with Crippen molar-refractivity contribution in [2.24, 2.45) is 0 Å². The molecule has 5 rings (SSSR count).